The second kappa shape index (κ2) is 30.1. The maximum Gasteiger partial charge on any atom is 0.326 e. The van der Waals surface area contributed by atoms with Crippen LogP contribution in [0.3, 0.4) is 0 Å². The molecule has 30 nitrogen and oxygen atoms in total. The minimum atomic E-state index is -1.92. The highest BCUT2D eigenvalue weighted by molar-refractivity contribution is 5.98. The number of carboxylic acids is 1. The fourth-order valence-electron chi connectivity index (χ4n) is 6.25. The van der Waals surface area contributed by atoms with E-state index in [4.69, 9.17) is 11.5 Å². The molecular weight excluding hydrogens is 959 g/mol. The smallest absolute Gasteiger partial charge is 0.326 e. The SMILES string of the molecule is CC[C@H](C)[C@H](NC(=O)[C@@H](N)Cc1cnc[nH]1)C(=O)N[C@@H](CO)C(=O)N[C@@H](CO)C(=O)NCC(=O)NCC(=O)N[C@@H](CO)C(=O)N[C@H](C(=O)N[C@@H](CC(N)=O)C(=O)N[C@@H](Cc1ccc(O)cc1)C(=O)O)[C@@H](C)O. The second-order valence-electron chi connectivity index (χ2n) is 16.3. The summed E-state index contributed by atoms with van der Waals surface area (Å²) in [6.07, 6.45) is 0.437. The Hall–Kier alpha value is -7.80. The molecule has 0 unspecified atom stereocenters. The number of phenols is 1. The molecule has 0 saturated heterocycles. The zero-order chi connectivity index (χ0) is 54.2. The summed E-state index contributed by atoms with van der Waals surface area (Å²) in [7, 11) is 0. The summed E-state index contributed by atoms with van der Waals surface area (Å²) in [5, 5.41) is 78.6. The third-order valence-corrected chi connectivity index (χ3v) is 10.6. The average Bonchev–Trinajstić information content (AvgIpc) is 3.85. The van der Waals surface area contributed by atoms with E-state index in [0.29, 0.717) is 17.7 Å². The predicted octanol–water partition coefficient (Wildman–Crippen LogP) is -8.78. The molecule has 0 aliphatic carbocycles. The van der Waals surface area contributed by atoms with Crippen molar-refractivity contribution >= 4 is 65.0 Å². The van der Waals surface area contributed by atoms with Crippen molar-refractivity contribution < 1.29 is 83.4 Å². The number of amides is 10. The number of aliphatic carboxylic acids is 1. The van der Waals surface area contributed by atoms with Gasteiger partial charge in [0, 0.05) is 24.7 Å². The maximum absolute atomic E-state index is 13.3. The van der Waals surface area contributed by atoms with E-state index in [0.717, 1.165) is 6.92 Å². The van der Waals surface area contributed by atoms with Gasteiger partial charge in [-0.3, -0.25) is 47.9 Å². The molecule has 10 atom stereocenters. The Morgan fingerprint density at radius 3 is 1.67 bits per heavy atom. The van der Waals surface area contributed by atoms with Gasteiger partial charge in [0.15, 0.2) is 0 Å². The zero-order valence-electron chi connectivity index (χ0n) is 39.4. The van der Waals surface area contributed by atoms with Crippen LogP contribution >= 0.6 is 0 Å². The van der Waals surface area contributed by atoms with Crippen LogP contribution in [0.2, 0.25) is 0 Å². The maximum atomic E-state index is 13.3. The number of aliphatic hydroxyl groups excluding tert-OH is 4. The average molecular weight is 1020 g/mol. The topological polar surface area (TPSA) is 498 Å². The number of imidazole rings is 1. The van der Waals surface area contributed by atoms with Crippen molar-refractivity contribution in [2.75, 3.05) is 32.9 Å². The number of phenolic OH excluding ortho intramolecular Hbond substituents is 1. The number of aromatic amines is 1. The molecule has 72 heavy (non-hydrogen) atoms. The first-order valence-corrected chi connectivity index (χ1v) is 22.1. The second-order valence-corrected chi connectivity index (χ2v) is 16.3. The fourth-order valence-corrected chi connectivity index (χ4v) is 6.25. The van der Waals surface area contributed by atoms with Crippen molar-refractivity contribution in [3.05, 3.63) is 48.0 Å². The Balaban J connectivity index is 1.95. The van der Waals surface area contributed by atoms with Gasteiger partial charge < -0.3 is 94.9 Å². The molecule has 0 fully saturated rings. The Morgan fingerprint density at radius 2 is 1.12 bits per heavy atom. The van der Waals surface area contributed by atoms with Crippen LogP contribution in [0.15, 0.2) is 36.8 Å². The lowest BCUT2D eigenvalue weighted by Crippen LogP contribution is -2.61. The third-order valence-electron chi connectivity index (χ3n) is 10.6. The van der Waals surface area contributed by atoms with Gasteiger partial charge in [0.25, 0.3) is 0 Å². The number of carbonyl (C=O) groups excluding carboxylic acids is 10. The van der Waals surface area contributed by atoms with E-state index < -0.39 is 165 Å². The third kappa shape index (κ3) is 20.3. The highest BCUT2D eigenvalue weighted by Crippen LogP contribution is 2.13. The van der Waals surface area contributed by atoms with E-state index >= 15 is 0 Å². The van der Waals surface area contributed by atoms with Crippen molar-refractivity contribution in [3.63, 3.8) is 0 Å². The summed E-state index contributed by atoms with van der Waals surface area (Å²) in [5.74, 6) is -12.9. The van der Waals surface area contributed by atoms with Crippen LogP contribution in [0.5, 0.6) is 5.75 Å². The molecule has 398 valence electrons. The molecule has 2 rings (SSSR count). The van der Waals surface area contributed by atoms with Gasteiger partial charge in [-0.25, -0.2) is 9.78 Å². The summed E-state index contributed by atoms with van der Waals surface area (Å²) in [6, 6.07) is -7.57. The minimum Gasteiger partial charge on any atom is -0.508 e. The molecule has 0 spiro atoms. The van der Waals surface area contributed by atoms with Crippen molar-refractivity contribution in [1.82, 2.24) is 57.8 Å². The Labute approximate surface area is 410 Å². The van der Waals surface area contributed by atoms with Gasteiger partial charge in [-0.05, 0) is 30.5 Å². The summed E-state index contributed by atoms with van der Waals surface area (Å²) in [4.78, 5) is 147. The minimum absolute atomic E-state index is 0.0678. The van der Waals surface area contributed by atoms with Crippen LogP contribution in [-0.2, 0) is 65.6 Å². The van der Waals surface area contributed by atoms with Crippen LogP contribution in [-0.4, -0.2) is 193 Å². The molecule has 0 aliphatic heterocycles. The number of primary amides is 1. The summed E-state index contributed by atoms with van der Waals surface area (Å²) < 4.78 is 0. The number of aromatic nitrogens is 2. The fraction of sp³-hybridized carbons (Fsp3) is 0.524. The van der Waals surface area contributed by atoms with Gasteiger partial charge in [0.1, 0.15) is 48.0 Å². The number of benzene rings is 1. The monoisotopic (exact) mass is 1020 g/mol. The normalized spacial score (nSPS) is 15.1. The van der Waals surface area contributed by atoms with Crippen molar-refractivity contribution in [3.8, 4) is 5.75 Å². The van der Waals surface area contributed by atoms with Crippen molar-refractivity contribution in [2.24, 2.45) is 17.4 Å². The molecule has 0 radical (unpaired) electrons. The van der Waals surface area contributed by atoms with E-state index in [1.807, 2.05) is 0 Å². The molecule has 1 heterocycles. The van der Waals surface area contributed by atoms with Gasteiger partial charge >= 0.3 is 5.97 Å². The number of hydrogen-bond donors (Lipinski definition) is 18. The molecule has 20 N–H and O–H groups in total. The molecule has 1 aromatic carbocycles. The van der Waals surface area contributed by atoms with Crippen LogP contribution in [0, 0.1) is 5.92 Å². The van der Waals surface area contributed by atoms with Crippen molar-refractivity contribution in [2.45, 2.75) is 101 Å². The highest BCUT2D eigenvalue weighted by Gasteiger charge is 2.35. The van der Waals surface area contributed by atoms with E-state index in [1.54, 1.807) is 13.8 Å². The number of carboxylic acid groups (broad SMARTS) is 1. The molecule has 0 aliphatic rings. The lowest BCUT2D eigenvalue weighted by molar-refractivity contribution is -0.142. The standard InChI is InChI=1S/C42H63N13O17/c1-4-19(2)33(54-35(64)24(43)10-22-12-45-18-48-22)40(69)53-29(17-58)38(67)52-27(15-56)36(65)47-13-31(62)46-14-32(63)49-28(16-57)39(68)55-34(20(3)59)41(70)50-25(11-30(44)61)37(66)51-26(42(71)72)9-21-5-7-23(60)8-6-21/h5-8,12,18-20,24-29,33-34,56-60H,4,9-11,13-17,43H2,1-3H3,(H2,44,61)(H,45,48)(H,46,62)(H,47,65)(H,49,63)(H,50,70)(H,51,66)(H,52,67)(H,53,69)(H,54,64)(H,55,68)(H,71,72)/t19-,20+,24-,25-,26-,27-,28-,29-,33-,34-/m0/s1. The number of aromatic hydroxyl groups is 1. The molecular formula is C42H63N13O17. The zero-order valence-corrected chi connectivity index (χ0v) is 39.4. The van der Waals surface area contributed by atoms with Crippen LogP contribution in [0.4, 0.5) is 0 Å². The van der Waals surface area contributed by atoms with E-state index in [2.05, 4.69) is 57.8 Å². The van der Waals surface area contributed by atoms with E-state index in [9.17, 15) is 83.4 Å². The van der Waals surface area contributed by atoms with Gasteiger partial charge in [-0.2, -0.15) is 0 Å². The van der Waals surface area contributed by atoms with Crippen LogP contribution < -0.4 is 59.3 Å². The molecule has 0 saturated carbocycles. The first-order valence-electron chi connectivity index (χ1n) is 22.1. The largest absolute Gasteiger partial charge is 0.508 e. The first-order chi connectivity index (χ1) is 33.9. The summed E-state index contributed by atoms with van der Waals surface area (Å²) >= 11 is 0. The summed E-state index contributed by atoms with van der Waals surface area (Å²) in [5.41, 5.74) is 12.2. The Bertz CT molecular complexity index is 2200. The molecule has 0 bridgehead atoms. The summed E-state index contributed by atoms with van der Waals surface area (Å²) in [6.45, 7) is -0.434. The van der Waals surface area contributed by atoms with Gasteiger partial charge in [-0.15, -0.1) is 0 Å². The van der Waals surface area contributed by atoms with Gasteiger partial charge in [0.05, 0.1) is 57.8 Å². The van der Waals surface area contributed by atoms with E-state index in [-0.39, 0.29) is 18.6 Å². The number of nitrogens with zero attached hydrogens (tertiary/aromatic N) is 1. The number of rotatable bonds is 31. The highest BCUT2D eigenvalue weighted by atomic mass is 16.4. The van der Waals surface area contributed by atoms with Crippen LogP contribution in [0.25, 0.3) is 0 Å². The molecule has 10 amide bonds. The Kier molecular flexibility index (Phi) is 25.2. The lowest BCUT2D eigenvalue weighted by atomic mass is 9.97. The number of hydrogen-bond acceptors (Lipinski definition) is 18. The van der Waals surface area contributed by atoms with Crippen LogP contribution in [0.1, 0.15) is 44.9 Å². The number of carbonyl (C=O) groups is 11. The lowest BCUT2D eigenvalue weighted by Gasteiger charge is -2.27. The number of aliphatic hydroxyl groups is 4. The van der Waals surface area contributed by atoms with Crippen molar-refractivity contribution in [1.29, 1.82) is 0 Å². The van der Waals surface area contributed by atoms with Gasteiger partial charge in [0.2, 0.25) is 59.1 Å². The quantitative estimate of drug-likeness (QED) is 0.0333. The number of H-pyrrole nitrogens is 1. The Morgan fingerprint density at radius 1 is 0.625 bits per heavy atom. The predicted molar refractivity (Wildman–Crippen MR) is 245 cm³/mol. The van der Waals surface area contributed by atoms with Gasteiger partial charge in [-0.1, -0.05) is 32.4 Å². The van der Waals surface area contributed by atoms with E-state index in [1.165, 1.54) is 36.8 Å². The number of nitrogens with one attached hydrogen (secondary N) is 10. The molecule has 1 aromatic heterocycles. The molecule has 2 aromatic rings. The number of nitrogens with two attached hydrogens (primary N) is 2. The molecule has 30 heteroatoms. The first kappa shape index (κ1) is 60.3.